The van der Waals surface area contributed by atoms with Crippen molar-refractivity contribution in [3.63, 3.8) is 0 Å². The summed E-state index contributed by atoms with van der Waals surface area (Å²) >= 11 is 0. The SMILES string of the molecule is CC/C=C\C/C=C\C/C=C\C/C=C\C/C=C\CCCCCCCCCCCCCCCCCCCCCC(=O)OCC(COC(=O)CCCCCCCC)OC(=O)CCCCCCC/C=C\CCCCC. The van der Waals surface area contributed by atoms with E-state index in [0.717, 1.165) is 103 Å². The molecule has 0 heterocycles. The minimum Gasteiger partial charge on any atom is -0.462 e. The third-order valence-corrected chi connectivity index (χ3v) is 13.2. The maximum Gasteiger partial charge on any atom is 0.306 e. The predicted molar refractivity (Wildman–Crippen MR) is 307 cm³/mol. The maximum absolute atomic E-state index is 12.7. The van der Waals surface area contributed by atoms with Crippen LogP contribution in [-0.4, -0.2) is 37.2 Å². The summed E-state index contributed by atoms with van der Waals surface area (Å²) in [5.41, 5.74) is 0. The van der Waals surface area contributed by atoms with Crippen molar-refractivity contribution in [2.24, 2.45) is 0 Å². The van der Waals surface area contributed by atoms with E-state index in [1.165, 1.54) is 161 Å². The van der Waals surface area contributed by atoms with Crippen LogP contribution in [0.3, 0.4) is 0 Å². The Bertz CT molecular complexity index is 1320. The van der Waals surface area contributed by atoms with E-state index >= 15 is 0 Å². The van der Waals surface area contributed by atoms with Crippen molar-refractivity contribution in [3.8, 4) is 0 Å². The lowest BCUT2D eigenvalue weighted by Gasteiger charge is -2.18. The number of carbonyl (C=O) groups excluding carboxylic acids is 3. The molecule has 0 aromatic carbocycles. The van der Waals surface area contributed by atoms with Gasteiger partial charge < -0.3 is 14.2 Å². The van der Waals surface area contributed by atoms with Crippen LogP contribution >= 0.6 is 0 Å². The Morgan fingerprint density at radius 2 is 0.549 bits per heavy atom. The molecule has 1 unspecified atom stereocenters. The second-order valence-corrected chi connectivity index (χ2v) is 20.2. The van der Waals surface area contributed by atoms with E-state index in [2.05, 4.69) is 93.7 Å². The lowest BCUT2D eigenvalue weighted by Crippen LogP contribution is -2.30. The molecule has 0 fully saturated rings. The van der Waals surface area contributed by atoms with Crippen LogP contribution in [0.25, 0.3) is 0 Å². The average molecular weight is 992 g/mol. The van der Waals surface area contributed by atoms with Crippen LogP contribution in [0.4, 0.5) is 0 Å². The van der Waals surface area contributed by atoms with Crippen LogP contribution in [0.2, 0.25) is 0 Å². The first-order valence-corrected chi connectivity index (χ1v) is 30.4. The molecule has 6 heteroatoms. The van der Waals surface area contributed by atoms with E-state index in [0.29, 0.717) is 19.3 Å². The minimum atomic E-state index is -0.772. The molecule has 0 amide bonds. The number of unbranched alkanes of at least 4 members (excludes halogenated alkanes) is 32. The molecule has 6 nitrogen and oxygen atoms in total. The Balaban J connectivity index is 3.90. The summed E-state index contributed by atoms with van der Waals surface area (Å²) in [6.07, 6.45) is 76.7. The van der Waals surface area contributed by atoms with E-state index in [1.807, 2.05) is 0 Å². The standard InChI is InChI=1S/C65H114O6/c1-4-7-10-13-16-18-20-22-23-24-25-26-27-28-29-30-31-32-33-34-35-36-37-38-39-40-41-42-43-44-46-47-49-52-55-58-64(67)70-61-62(60-69-63(66)57-54-51-15-12-9-6-3)71-65(68)59-56-53-50-48-45-21-19-17-14-11-8-5-2/h7,10,16-19,22-23,25-26,28-29,62H,4-6,8-9,11-15,20-21,24,27,30-61H2,1-3H3/b10-7-,18-16-,19-17-,23-22-,26-25-,29-28-. The fourth-order valence-electron chi connectivity index (χ4n) is 8.64. The molecule has 0 saturated carbocycles. The summed E-state index contributed by atoms with van der Waals surface area (Å²) in [7, 11) is 0. The van der Waals surface area contributed by atoms with Crippen LogP contribution in [-0.2, 0) is 28.6 Å². The highest BCUT2D eigenvalue weighted by molar-refractivity contribution is 5.71. The predicted octanol–water partition coefficient (Wildman–Crippen LogP) is 20.5. The molecule has 410 valence electrons. The van der Waals surface area contributed by atoms with Crippen LogP contribution in [0.5, 0.6) is 0 Å². The highest BCUT2D eigenvalue weighted by atomic mass is 16.6. The second-order valence-electron chi connectivity index (χ2n) is 20.2. The first kappa shape index (κ1) is 67.8. The molecular weight excluding hydrogens is 877 g/mol. The van der Waals surface area contributed by atoms with Crippen molar-refractivity contribution < 1.29 is 28.6 Å². The molecule has 1 atom stereocenters. The summed E-state index contributed by atoms with van der Waals surface area (Å²) in [6, 6.07) is 0. The van der Waals surface area contributed by atoms with E-state index in [1.54, 1.807) is 0 Å². The number of rotatable bonds is 55. The van der Waals surface area contributed by atoms with Crippen molar-refractivity contribution in [1.29, 1.82) is 0 Å². The number of esters is 3. The Labute approximate surface area is 440 Å². The number of hydrogen-bond donors (Lipinski definition) is 0. The quantitative estimate of drug-likeness (QED) is 0.0261. The molecule has 0 spiro atoms. The van der Waals surface area contributed by atoms with Gasteiger partial charge in [0.05, 0.1) is 0 Å². The molecule has 0 aliphatic carbocycles. The number of allylic oxidation sites excluding steroid dienone is 12. The molecule has 0 radical (unpaired) electrons. The van der Waals surface area contributed by atoms with Gasteiger partial charge in [-0.2, -0.15) is 0 Å². The fourth-order valence-corrected chi connectivity index (χ4v) is 8.64. The van der Waals surface area contributed by atoms with Gasteiger partial charge in [-0.1, -0.05) is 267 Å². The molecular formula is C65H114O6. The fraction of sp³-hybridized carbons (Fsp3) is 0.769. The molecule has 0 N–H and O–H groups in total. The minimum absolute atomic E-state index is 0.0743. The third-order valence-electron chi connectivity index (χ3n) is 13.2. The van der Waals surface area contributed by atoms with Crippen LogP contribution in [0, 0.1) is 0 Å². The van der Waals surface area contributed by atoms with Gasteiger partial charge in [0.15, 0.2) is 6.10 Å². The lowest BCUT2D eigenvalue weighted by molar-refractivity contribution is -0.167. The van der Waals surface area contributed by atoms with Gasteiger partial charge in [0.25, 0.3) is 0 Å². The molecule has 0 rings (SSSR count). The van der Waals surface area contributed by atoms with Gasteiger partial charge in [-0.3, -0.25) is 14.4 Å². The smallest absolute Gasteiger partial charge is 0.306 e. The summed E-state index contributed by atoms with van der Waals surface area (Å²) in [4.78, 5) is 37.8. The van der Waals surface area contributed by atoms with Gasteiger partial charge in [0, 0.05) is 19.3 Å². The van der Waals surface area contributed by atoms with Gasteiger partial charge in [-0.15, -0.1) is 0 Å². The molecule has 0 bridgehead atoms. The third kappa shape index (κ3) is 57.6. The topological polar surface area (TPSA) is 78.9 Å². The van der Waals surface area contributed by atoms with E-state index in [-0.39, 0.29) is 31.1 Å². The molecule has 71 heavy (non-hydrogen) atoms. The zero-order valence-corrected chi connectivity index (χ0v) is 47.0. The van der Waals surface area contributed by atoms with E-state index in [4.69, 9.17) is 14.2 Å². The zero-order valence-electron chi connectivity index (χ0n) is 47.0. The summed E-state index contributed by atoms with van der Waals surface area (Å²) in [6.45, 7) is 6.45. The molecule has 0 aromatic rings. The first-order valence-electron chi connectivity index (χ1n) is 30.4. The molecule has 0 saturated heterocycles. The summed E-state index contributed by atoms with van der Waals surface area (Å²) in [5, 5.41) is 0. The number of carbonyl (C=O) groups is 3. The van der Waals surface area contributed by atoms with Crippen molar-refractivity contribution in [2.75, 3.05) is 13.2 Å². The Morgan fingerprint density at radius 3 is 0.901 bits per heavy atom. The largest absolute Gasteiger partial charge is 0.462 e. The molecule has 0 aliphatic rings. The van der Waals surface area contributed by atoms with Gasteiger partial charge in [-0.25, -0.2) is 0 Å². The highest BCUT2D eigenvalue weighted by Gasteiger charge is 2.19. The maximum atomic E-state index is 12.7. The Kier molecular flexibility index (Phi) is 56.8. The van der Waals surface area contributed by atoms with Gasteiger partial charge >= 0.3 is 17.9 Å². The second kappa shape index (κ2) is 59.4. The Morgan fingerprint density at radius 1 is 0.296 bits per heavy atom. The first-order chi connectivity index (χ1) is 35.0. The van der Waals surface area contributed by atoms with Crippen molar-refractivity contribution in [3.05, 3.63) is 72.9 Å². The average Bonchev–Trinajstić information content (AvgIpc) is 3.37. The van der Waals surface area contributed by atoms with Gasteiger partial charge in [0.1, 0.15) is 13.2 Å². The van der Waals surface area contributed by atoms with Gasteiger partial charge in [0.2, 0.25) is 0 Å². The summed E-state index contributed by atoms with van der Waals surface area (Å²) < 4.78 is 16.7. The zero-order chi connectivity index (χ0) is 51.4. The summed E-state index contributed by atoms with van der Waals surface area (Å²) in [5.74, 6) is -0.884. The number of ether oxygens (including phenoxy) is 3. The van der Waals surface area contributed by atoms with Crippen LogP contribution < -0.4 is 0 Å². The lowest BCUT2D eigenvalue weighted by atomic mass is 10.0. The van der Waals surface area contributed by atoms with Crippen LogP contribution in [0.15, 0.2) is 72.9 Å². The normalized spacial score (nSPS) is 12.5. The van der Waals surface area contributed by atoms with Crippen molar-refractivity contribution >= 4 is 17.9 Å². The molecule has 0 aliphatic heterocycles. The molecule has 0 aromatic heterocycles. The van der Waals surface area contributed by atoms with E-state index in [9.17, 15) is 14.4 Å². The number of hydrogen-bond acceptors (Lipinski definition) is 6. The van der Waals surface area contributed by atoms with Crippen LogP contribution in [0.1, 0.15) is 303 Å². The van der Waals surface area contributed by atoms with Crippen molar-refractivity contribution in [2.45, 2.75) is 309 Å². The monoisotopic (exact) mass is 991 g/mol. The van der Waals surface area contributed by atoms with E-state index < -0.39 is 6.10 Å². The van der Waals surface area contributed by atoms with Crippen molar-refractivity contribution in [1.82, 2.24) is 0 Å². The van der Waals surface area contributed by atoms with Gasteiger partial charge in [-0.05, 0) is 89.9 Å². The Hall–Kier alpha value is -3.15. The highest BCUT2D eigenvalue weighted by Crippen LogP contribution is 2.17.